The van der Waals surface area contributed by atoms with Crippen LogP contribution in [0.3, 0.4) is 0 Å². The molecule has 0 fully saturated rings. The standard InChI is InChI=1S/C10H23N3O2/c1-13(7-3-5-11)9-10(14)12-6-4-8-15-2/h3-9,11H2,1-2H3,(H,12,14). The molecule has 0 unspecified atom stereocenters. The predicted octanol–water partition coefficient (Wildman–Crippen LogP) is -0.580. The Balaban J connectivity index is 3.38. The Kier molecular flexibility index (Phi) is 9.46. The molecule has 0 saturated heterocycles. The topological polar surface area (TPSA) is 67.6 Å². The van der Waals surface area contributed by atoms with E-state index in [1.54, 1.807) is 7.11 Å². The molecular weight excluding hydrogens is 194 g/mol. The second-order valence-corrected chi connectivity index (χ2v) is 3.58. The Morgan fingerprint density at radius 3 is 2.80 bits per heavy atom. The van der Waals surface area contributed by atoms with Crippen molar-refractivity contribution in [3.05, 3.63) is 0 Å². The van der Waals surface area contributed by atoms with E-state index in [0.717, 1.165) is 19.4 Å². The molecule has 0 aromatic heterocycles. The first-order valence-corrected chi connectivity index (χ1v) is 5.35. The van der Waals surface area contributed by atoms with Gasteiger partial charge in [-0.2, -0.15) is 0 Å². The van der Waals surface area contributed by atoms with Crippen molar-refractivity contribution in [2.45, 2.75) is 12.8 Å². The quantitative estimate of drug-likeness (QED) is 0.507. The normalized spacial score (nSPS) is 10.7. The van der Waals surface area contributed by atoms with E-state index < -0.39 is 0 Å². The number of nitrogens with one attached hydrogen (secondary N) is 1. The summed E-state index contributed by atoms with van der Waals surface area (Å²) in [6, 6.07) is 0. The van der Waals surface area contributed by atoms with Crippen LogP contribution in [0.5, 0.6) is 0 Å². The maximum atomic E-state index is 11.4. The summed E-state index contributed by atoms with van der Waals surface area (Å²) in [7, 11) is 3.58. The van der Waals surface area contributed by atoms with Crippen LogP contribution in [0.4, 0.5) is 0 Å². The zero-order chi connectivity index (χ0) is 11.5. The number of amides is 1. The SMILES string of the molecule is COCCCNC(=O)CN(C)CCCN. The minimum Gasteiger partial charge on any atom is -0.385 e. The first-order valence-electron chi connectivity index (χ1n) is 5.35. The van der Waals surface area contributed by atoms with Gasteiger partial charge in [0.25, 0.3) is 0 Å². The molecule has 0 atom stereocenters. The molecule has 0 bridgehead atoms. The van der Waals surface area contributed by atoms with Crippen molar-refractivity contribution in [2.24, 2.45) is 5.73 Å². The Bertz CT molecular complexity index is 165. The molecule has 0 aliphatic carbocycles. The van der Waals surface area contributed by atoms with Gasteiger partial charge in [0.2, 0.25) is 5.91 Å². The molecule has 0 aliphatic rings. The number of methoxy groups -OCH3 is 1. The highest BCUT2D eigenvalue weighted by atomic mass is 16.5. The Hall–Kier alpha value is -0.650. The van der Waals surface area contributed by atoms with Crippen LogP contribution in [-0.4, -0.2) is 57.8 Å². The molecule has 0 rings (SSSR count). The third-order valence-corrected chi connectivity index (χ3v) is 2.00. The highest BCUT2D eigenvalue weighted by Crippen LogP contribution is 1.85. The molecular formula is C10H23N3O2. The van der Waals surface area contributed by atoms with Crippen molar-refractivity contribution in [1.82, 2.24) is 10.2 Å². The van der Waals surface area contributed by atoms with Crippen molar-refractivity contribution in [3.8, 4) is 0 Å². The van der Waals surface area contributed by atoms with Gasteiger partial charge in [0.15, 0.2) is 0 Å². The van der Waals surface area contributed by atoms with E-state index in [9.17, 15) is 4.79 Å². The third kappa shape index (κ3) is 9.65. The Labute approximate surface area is 91.9 Å². The van der Waals surface area contributed by atoms with Gasteiger partial charge in [-0.3, -0.25) is 9.69 Å². The zero-order valence-electron chi connectivity index (χ0n) is 9.79. The van der Waals surface area contributed by atoms with Crippen LogP contribution in [0.2, 0.25) is 0 Å². The largest absolute Gasteiger partial charge is 0.385 e. The number of nitrogens with zero attached hydrogens (tertiary/aromatic N) is 1. The molecule has 3 N–H and O–H groups in total. The summed E-state index contributed by atoms with van der Waals surface area (Å²) >= 11 is 0. The molecule has 0 aromatic rings. The molecule has 0 spiro atoms. The first-order chi connectivity index (χ1) is 7.20. The first kappa shape index (κ1) is 14.3. The molecule has 0 saturated carbocycles. The minimum atomic E-state index is 0.0608. The van der Waals surface area contributed by atoms with Gasteiger partial charge in [-0.15, -0.1) is 0 Å². The lowest BCUT2D eigenvalue weighted by Gasteiger charge is -2.15. The lowest BCUT2D eigenvalue weighted by molar-refractivity contribution is -0.122. The number of carbonyl (C=O) groups is 1. The van der Waals surface area contributed by atoms with E-state index in [0.29, 0.717) is 26.2 Å². The van der Waals surface area contributed by atoms with E-state index in [1.165, 1.54) is 0 Å². The third-order valence-electron chi connectivity index (χ3n) is 2.00. The Morgan fingerprint density at radius 2 is 2.20 bits per heavy atom. The number of carbonyl (C=O) groups excluding carboxylic acids is 1. The fraction of sp³-hybridized carbons (Fsp3) is 0.900. The van der Waals surface area contributed by atoms with Crippen LogP contribution >= 0.6 is 0 Å². The maximum absolute atomic E-state index is 11.4. The average molecular weight is 217 g/mol. The summed E-state index contributed by atoms with van der Waals surface area (Å²) in [6.45, 7) is 3.33. The van der Waals surface area contributed by atoms with Crippen LogP contribution < -0.4 is 11.1 Å². The summed E-state index contributed by atoms with van der Waals surface area (Å²) in [6.07, 6.45) is 1.78. The van der Waals surface area contributed by atoms with E-state index in [1.807, 2.05) is 11.9 Å². The molecule has 0 radical (unpaired) electrons. The molecule has 5 heteroatoms. The van der Waals surface area contributed by atoms with Crippen LogP contribution in [0.15, 0.2) is 0 Å². The van der Waals surface area contributed by atoms with Gasteiger partial charge in [-0.05, 0) is 33.0 Å². The van der Waals surface area contributed by atoms with Crippen molar-refractivity contribution in [2.75, 3.05) is 46.9 Å². The second-order valence-electron chi connectivity index (χ2n) is 3.58. The van der Waals surface area contributed by atoms with Crippen molar-refractivity contribution in [3.63, 3.8) is 0 Å². The van der Waals surface area contributed by atoms with E-state index >= 15 is 0 Å². The number of hydrogen-bond acceptors (Lipinski definition) is 4. The fourth-order valence-electron chi connectivity index (χ4n) is 1.19. The number of likely N-dealkylation sites (N-methyl/N-ethyl adjacent to an activating group) is 1. The summed E-state index contributed by atoms with van der Waals surface area (Å²) in [5.74, 6) is 0.0608. The summed E-state index contributed by atoms with van der Waals surface area (Å²) in [4.78, 5) is 13.3. The minimum absolute atomic E-state index is 0.0608. The summed E-state index contributed by atoms with van der Waals surface area (Å²) in [5, 5.41) is 2.83. The molecule has 90 valence electrons. The molecule has 15 heavy (non-hydrogen) atoms. The molecule has 5 nitrogen and oxygen atoms in total. The summed E-state index contributed by atoms with van der Waals surface area (Å²) in [5.41, 5.74) is 5.38. The lowest BCUT2D eigenvalue weighted by atomic mass is 10.4. The Morgan fingerprint density at radius 1 is 1.47 bits per heavy atom. The smallest absolute Gasteiger partial charge is 0.234 e. The highest BCUT2D eigenvalue weighted by Gasteiger charge is 2.04. The number of nitrogens with two attached hydrogens (primary N) is 1. The molecule has 0 heterocycles. The van der Waals surface area contributed by atoms with E-state index in [4.69, 9.17) is 10.5 Å². The second kappa shape index (κ2) is 9.89. The predicted molar refractivity (Wildman–Crippen MR) is 60.7 cm³/mol. The average Bonchev–Trinajstić information content (AvgIpc) is 2.21. The summed E-state index contributed by atoms with van der Waals surface area (Å²) < 4.78 is 4.88. The zero-order valence-corrected chi connectivity index (χ0v) is 9.79. The lowest BCUT2D eigenvalue weighted by Crippen LogP contribution is -2.36. The van der Waals surface area contributed by atoms with Gasteiger partial charge in [0.05, 0.1) is 6.54 Å². The number of hydrogen-bond donors (Lipinski definition) is 2. The van der Waals surface area contributed by atoms with E-state index in [-0.39, 0.29) is 5.91 Å². The van der Waals surface area contributed by atoms with Gasteiger partial charge >= 0.3 is 0 Å². The van der Waals surface area contributed by atoms with Crippen LogP contribution in [0, 0.1) is 0 Å². The van der Waals surface area contributed by atoms with Gasteiger partial charge in [-0.25, -0.2) is 0 Å². The molecule has 1 amide bonds. The van der Waals surface area contributed by atoms with Crippen LogP contribution in [-0.2, 0) is 9.53 Å². The van der Waals surface area contributed by atoms with Crippen molar-refractivity contribution in [1.29, 1.82) is 0 Å². The van der Waals surface area contributed by atoms with Gasteiger partial charge in [0, 0.05) is 20.3 Å². The highest BCUT2D eigenvalue weighted by molar-refractivity contribution is 5.77. The molecule has 0 aromatic carbocycles. The fourth-order valence-corrected chi connectivity index (χ4v) is 1.19. The van der Waals surface area contributed by atoms with Gasteiger partial charge < -0.3 is 15.8 Å². The maximum Gasteiger partial charge on any atom is 0.234 e. The monoisotopic (exact) mass is 217 g/mol. The van der Waals surface area contributed by atoms with Crippen molar-refractivity contribution < 1.29 is 9.53 Å². The van der Waals surface area contributed by atoms with Crippen LogP contribution in [0.1, 0.15) is 12.8 Å². The van der Waals surface area contributed by atoms with Crippen LogP contribution in [0.25, 0.3) is 0 Å². The number of ether oxygens (including phenoxy) is 1. The van der Waals surface area contributed by atoms with Gasteiger partial charge in [0.1, 0.15) is 0 Å². The van der Waals surface area contributed by atoms with Crippen molar-refractivity contribution >= 4 is 5.91 Å². The van der Waals surface area contributed by atoms with Gasteiger partial charge in [-0.1, -0.05) is 0 Å². The molecule has 0 aliphatic heterocycles. The number of rotatable bonds is 9. The van der Waals surface area contributed by atoms with E-state index in [2.05, 4.69) is 5.32 Å².